The molecule has 28 heavy (non-hydrogen) atoms. The summed E-state index contributed by atoms with van der Waals surface area (Å²) < 4.78 is 6.72. The third kappa shape index (κ3) is 4.00. The van der Waals surface area contributed by atoms with Crippen molar-refractivity contribution in [2.24, 2.45) is 0 Å². The number of rotatable bonds is 6. The minimum absolute atomic E-state index is 0.00706. The fraction of sp³-hybridized carbons (Fsp3) is 0.381. The highest BCUT2D eigenvalue weighted by Gasteiger charge is 2.20. The Labute approximate surface area is 167 Å². The molecule has 0 spiro atoms. The first kappa shape index (κ1) is 20.2. The first-order valence-electron chi connectivity index (χ1n) is 9.05. The van der Waals surface area contributed by atoms with Gasteiger partial charge in [-0.05, 0) is 16.5 Å². The van der Waals surface area contributed by atoms with E-state index in [2.05, 4.69) is 37.9 Å². The van der Waals surface area contributed by atoms with Crippen molar-refractivity contribution >= 4 is 27.5 Å². The Hall–Kier alpha value is -2.51. The van der Waals surface area contributed by atoms with Crippen LogP contribution in [0.2, 0.25) is 0 Å². The molecule has 1 N–H and O–H groups in total. The number of aromatic carboxylic acids is 1. The van der Waals surface area contributed by atoms with Crippen molar-refractivity contribution in [3.8, 4) is 0 Å². The van der Waals surface area contributed by atoms with Crippen molar-refractivity contribution in [1.29, 1.82) is 0 Å². The topological polar surface area (TPSA) is 81.4 Å². The number of nitrogens with zero attached hydrogens (tertiary/aromatic N) is 2. The predicted molar refractivity (Wildman–Crippen MR) is 111 cm³/mol. The molecule has 6 nitrogen and oxygen atoms in total. The zero-order valence-electron chi connectivity index (χ0n) is 16.5. The van der Waals surface area contributed by atoms with Crippen LogP contribution in [0.3, 0.4) is 0 Å². The summed E-state index contributed by atoms with van der Waals surface area (Å²) in [6.45, 7) is 7.21. The third-order valence-corrected chi connectivity index (χ3v) is 5.57. The van der Waals surface area contributed by atoms with Crippen LogP contribution in [0.4, 0.5) is 0 Å². The second-order valence-corrected chi connectivity index (χ2v) is 8.60. The maximum atomic E-state index is 13.2. The van der Waals surface area contributed by atoms with Crippen molar-refractivity contribution in [3.63, 3.8) is 0 Å². The van der Waals surface area contributed by atoms with Gasteiger partial charge in [0.15, 0.2) is 0 Å². The summed E-state index contributed by atoms with van der Waals surface area (Å²) in [5.41, 5.74) is 1.90. The molecule has 0 aliphatic rings. The molecule has 2 heterocycles. The van der Waals surface area contributed by atoms with Crippen LogP contribution < -0.4 is 5.56 Å². The number of fused-ring (bicyclic) bond motifs is 1. The number of carbonyl (C=O) groups is 1. The molecule has 0 atom stereocenters. The number of carboxylic acid groups (broad SMARTS) is 1. The minimum Gasteiger partial charge on any atom is -0.478 e. The number of ether oxygens (including phenoxy) is 1. The Morgan fingerprint density at radius 1 is 1.25 bits per heavy atom. The van der Waals surface area contributed by atoms with Gasteiger partial charge in [-0.2, -0.15) is 0 Å². The average Bonchev–Trinajstić information content (AvgIpc) is 3.06. The van der Waals surface area contributed by atoms with E-state index in [1.807, 2.05) is 12.1 Å². The summed E-state index contributed by atoms with van der Waals surface area (Å²) in [5.74, 6) is -0.520. The number of thiophene rings is 1. The highest BCUT2D eigenvalue weighted by molar-refractivity contribution is 7.17. The van der Waals surface area contributed by atoms with E-state index in [1.54, 1.807) is 11.7 Å². The maximum Gasteiger partial charge on any atom is 0.337 e. The fourth-order valence-corrected chi connectivity index (χ4v) is 3.99. The van der Waals surface area contributed by atoms with Crippen LogP contribution >= 0.6 is 11.3 Å². The molecule has 1 aromatic carbocycles. The van der Waals surface area contributed by atoms with Crippen LogP contribution in [-0.2, 0) is 23.1 Å². The van der Waals surface area contributed by atoms with Crippen LogP contribution in [-0.4, -0.2) is 34.3 Å². The maximum absolute atomic E-state index is 13.2. The van der Waals surface area contributed by atoms with Gasteiger partial charge in [0.05, 0.1) is 24.1 Å². The van der Waals surface area contributed by atoms with E-state index in [-0.39, 0.29) is 21.9 Å². The van der Waals surface area contributed by atoms with Crippen molar-refractivity contribution in [2.75, 3.05) is 13.7 Å². The van der Waals surface area contributed by atoms with E-state index < -0.39 is 5.97 Å². The Morgan fingerprint density at radius 3 is 2.50 bits per heavy atom. The normalized spacial score (nSPS) is 11.9. The lowest BCUT2D eigenvalue weighted by Crippen LogP contribution is -2.27. The van der Waals surface area contributed by atoms with Crippen LogP contribution in [0, 0.1) is 0 Å². The average molecular weight is 401 g/mol. The third-order valence-electron chi connectivity index (χ3n) is 4.69. The monoisotopic (exact) mass is 400 g/mol. The molecule has 0 bridgehead atoms. The molecule has 7 heteroatoms. The molecule has 3 aromatic rings. The number of aromatic nitrogens is 2. The summed E-state index contributed by atoms with van der Waals surface area (Å²) in [6, 6.07) is 8.13. The molecule has 148 valence electrons. The van der Waals surface area contributed by atoms with Gasteiger partial charge in [0, 0.05) is 18.9 Å². The van der Waals surface area contributed by atoms with Gasteiger partial charge >= 0.3 is 5.97 Å². The lowest BCUT2D eigenvalue weighted by molar-refractivity contribution is 0.0699. The molecular weight excluding hydrogens is 376 g/mol. The SMILES string of the molecule is COCCc1nc2scc(C(=O)O)c2c(=O)n1Cc1ccc(C(C)(C)C)cc1. The summed E-state index contributed by atoms with van der Waals surface area (Å²) in [7, 11) is 1.60. The molecule has 0 saturated carbocycles. The van der Waals surface area contributed by atoms with Crippen molar-refractivity contribution in [2.45, 2.75) is 39.2 Å². The Kier molecular flexibility index (Phi) is 5.67. The number of hydrogen-bond acceptors (Lipinski definition) is 5. The standard InChI is InChI=1S/C21H24N2O4S/c1-21(2,3)14-7-5-13(6-8-14)11-23-16(9-10-27-4)22-18-17(19(23)24)15(12-28-18)20(25)26/h5-8,12H,9-11H2,1-4H3,(H,25,26). The van der Waals surface area contributed by atoms with Gasteiger partial charge in [-0.1, -0.05) is 45.0 Å². The zero-order chi connectivity index (χ0) is 20.5. The van der Waals surface area contributed by atoms with Crippen molar-refractivity contribution in [3.05, 3.63) is 62.5 Å². The number of hydrogen-bond donors (Lipinski definition) is 1. The summed E-state index contributed by atoms with van der Waals surface area (Å²) in [6.07, 6.45) is 0.474. The molecule has 2 aromatic heterocycles. The Balaban J connectivity index is 2.09. The summed E-state index contributed by atoms with van der Waals surface area (Å²) >= 11 is 1.18. The second-order valence-electron chi connectivity index (χ2n) is 7.74. The first-order chi connectivity index (χ1) is 13.2. The molecule has 0 aliphatic carbocycles. The smallest absolute Gasteiger partial charge is 0.337 e. The zero-order valence-corrected chi connectivity index (χ0v) is 17.3. The largest absolute Gasteiger partial charge is 0.478 e. The minimum atomic E-state index is -1.11. The van der Waals surface area contributed by atoms with Crippen LogP contribution in [0.15, 0.2) is 34.4 Å². The van der Waals surface area contributed by atoms with Crippen LogP contribution in [0.1, 0.15) is 48.1 Å². The lowest BCUT2D eigenvalue weighted by Gasteiger charge is -2.19. The van der Waals surface area contributed by atoms with E-state index >= 15 is 0 Å². The van der Waals surface area contributed by atoms with Gasteiger partial charge in [0.1, 0.15) is 10.7 Å². The Morgan fingerprint density at radius 2 is 1.93 bits per heavy atom. The summed E-state index contributed by atoms with van der Waals surface area (Å²) in [5, 5.41) is 11.1. The first-order valence-corrected chi connectivity index (χ1v) is 9.93. The molecular formula is C21H24N2O4S. The van der Waals surface area contributed by atoms with Crippen LogP contribution in [0.25, 0.3) is 10.2 Å². The van der Waals surface area contributed by atoms with Crippen molar-refractivity contribution < 1.29 is 14.6 Å². The molecule has 0 aliphatic heterocycles. The number of carboxylic acids is 1. The van der Waals surface area contributed by atoms with Crippen molar-refractivity contribution in [1.82, 2.24) is 9.55 Å². The quantitative estimate of drug-likeness (QED) is 0.682. The van der Waals surface area contributed by atoms with E-state index in [4.69, 9.17) is 4.74 Å². The molecule has 0 radical (unpaired) electrons. The molecule has 0 saturated heterocycles. The fourth-order valence-electron chi connectivity index (χ4n) is 3.06. The highest BCUT2D eigenvalue weighted by atomic mass is 32.1. The molecule has 0 unspecified atom stereocenters. The molecule has 0 amide bonds. The van der Waals surface area contributed by atoms with Gasteiger partial charge in [-0.15, -0.1) is 11.3 Å². The lowest BCUT2D eigenvalue weighted by atomic mass is 9.87. The van der Waals surface area contributed by atoms with Crippen LogP contribution in [0.5, 0.6) is 0 Å². The van der Waals surface area contributed by atoms with Gasteiger partial charge < -0.3 is 9.84 Å². The van der Waals surface area contributed by atoms with E-state index in [9.17, 15) is 14.7 Å². The van der Waals surface area contributed by atoms with E-state index in [0.717, 1.165) is 5.56 Å². The summed E-state index contributed by atoms with van der Waals surface area (Å²) in [4.78, 5) is 29.7. The van der Waals surface area contributed by atoms with Gasteiger partial charge in [-0.25, -0.2) is 9.78 Å². The van der Waals surface area contributed by atoms with E-state index in [0.29, 0.717) is 30.2 Å². The highest BCUT2D eigenvalue weighted by Crippen LogP contribution is 2.24. The second kappa shape index (κ2) is 7.85. The molecule has 3 rings (SSSR count). The Bertz CT molecular complexity index is 1060. The van der Waals surface area contributed by atoms with E-state index in [1.165, 1.54) is 22.3 Å². The number of methoxy groups -OCH3 is 1. The van der Waals surface area contributed by atoms with Gasteiger partial charge in [0.2, 0.25) is 0 Å². The van der Waals surface area contributed by atoms with Gasteiger partial charge in [0.25, 0.3) is 5.56 Å². The number of benzene rings is 1. The predicted octanol–water partition coefficient (Wildman–Crippen LogP) is 3.69. The van der Waals surface area contributed by atoms with Gasteiger partial charge in [-0.3, -0.25) is 9.36 Å². The molecule has 0 fully saturated rings.